The largest absolute Gasteiger partial charge is 0.497 e. The van der Waals surface area contributed by atoms with Gasteiger partial charge >= 0.3 is 0 Å². The molecule has 2 rings (SSSR count). The van der Waals surface area contributed by atoms with Crippen molar-refractivity contribution < 1.29 is 4.74 Å². The summed E-state index contributed by atoms with van der Waals surface area (Å²) in [5.41, 5.74) is 1.18. The Hall–Kier alpha value is -1.75. The van der Waals surface area contributed by atoms with Crippen LogP contribution in [0.3, 0.4) is 0 Å². The molecular weight excluding hydrogens is 276 g/mol. The number of guanidine groups is 1. The minimum absolute atomic E-state index is 0.739. The number of hydrogen-bond donors (Lipinski definition) is 2. The first kappa shape index (κ1) is 16.6. The van der Waals surface area contributed by atoms with Crippen molar-refractivity contribution in [1.82, 2.24) is 15.5 Å². The Kier molecular flexibility index (Phi) is 7.03. The Bertz CT molecular complexity index is 469. The number of ether oxygens (including phenoxy) is 1. The molecule has 1 heterocycles. The van der Waals surface area contributed by atoms with Gasteiger partial charge in [0.2, 0.25) is 0 Å². The Labute approximate surface area is 133 Å². The molecule has 0 bridgehead atoms. The van der Waals surface area contributed by atoms with Crippen LogP contribution in [-0.2, 0) is 6.54 Å². The minimum atomic E-state index is 0.739. The lowest BCUT2D eigenvalue weighted by Gasteiger charge is -2.16. The highest BCUT2D eigenvalue weighted by Gasteiger charge is 2.10. The molecule has 122 valence electrons. The van der Waals surface area contributed by atoms with Gasteiger partial charge in [-0.3, -0.25) is 4.99 Å². The molecule has 2 N–H and O–H groups in total. The number of nitrogens with zero attached hydrogens (tertiary/aromatic N) is 2. The van der Waals surface area contributed by atoms with Crippen molar-refractivity contribution in [3.63, 3.8) is 0 Å². The number of benzene rings is 1. The summed E-state index contributed by atoms with van der Waals surface area (Å²) in [7, 11) is 3.49. The first-order valence-corrected chi connectivity index (χ1v) is 8.11. The van der Waals surface area contributed by atoms with Gasteiger partial charge in [0.05, 0.1) is 7.11 Å². The summed E-state index contributed by atoms with van der Waals surface area (Å²) in [6.45, 7) is 5.41. The van der Waals surface area contributed by atoms with E-state index >= 15 is 0 Å². The maximum Gasteiger partial charge on any atom is 0.191 e. The second-order valence-electron chi connectivity index (χ2n) is 5.61. The predicted molar refractivity (Wildman–Crippen MR) is 91.5 cm³/mol. The molecule has 5 nitrogen and oxygen atoms in total. The van der Waals surface area contributed by atoms with Gasteiger partial charge in [0.1, 0.15) is 5.75 Å². The minimum Gasteiger partial charge on any atom is -0.497 e. The maximum atomic E-state index is 5.24. The van der Waals surface area contributed by atoms with Gasteiger partial charge in [-0.1, -0.05) is 12.1 Å². The summed E-state index contributed by atoms with van der Waals surface area (Å²) in [5.74, 6) is 1.73. The van der Waals surface area contributed by atoms with Crippen LogP contribution < -0.4 is 15.4 Å². The molecule has 22 heavy (non-hydrogen) atoms. The monoisotopic (exact) mass is 304 g/mol. The van der Waals surface area contributed by atoms with Gasteiger partial charge in [-0.25, -0.2) is 0 Å². The lowest BCUT2D eigenvalue weighted by atomic mass is 10.2. The van der Waals surface area contributed by atoms with Gasteiger partial charge in [-0.2, -0.15) is 0 Å². The molecule has 1 aliphatic heterocycles. The molecule has 0 amide bonds. The van der Waals surface area contributed by atoms with E-state index in [1.54, 1.807) is 14.2 Å². The SMILES string of the molecule is CN=C(NCCCN1CCCC1)NCc1cccc(OC)c1. The molecule has 1 aromatic carbocycles. The molecule has 1 fully saturated rings. The lowest BCUT2D eigenvalue weighted by molar-refractivity contribution is 0.334. The standard InChI is InChI=1S/C17H28N4O/c1-18-17(19-9-6-12-21-10-3-4-11-21)20-14-15-7-5-8-16(13-15)22-2/h5,7-8,13H,3-4,6,9-12,14H2,1-2H3,(H2,18,19,20). The van der Waals surface area contributed by atoms with Crippen LogP contribution in [0, 0.1) is 0 Å². The summed E-state index contributed by atoms with van der Waals surface area (Å²) in [6, 6.07) is 8.07. The molecule has 0 spiro atoms. The molecule has 0 atom stereocenters. The highest BCUT2D eigenvalue weighted by atomic mass is 16.5. The lowest BCUT2D eigenvalue weighted by Crippen LogP contribution is -2.38. The molecule has 1 saturated heterocycles. The molecule has 0 saturated carbocycles. The second-order valence-corrected chi connectivity index (χ2v) is 5.61. The number of methoxy groups -OCH3 is 1. The van der Waals surface area contributed by atoms with Crippen molar-refractivity contribution in [2.24, 2.45) is 4.99 Å². The fraction of sp³-hybridized carbons (Fsp3) is 0.588. The zero-order valence-corrected chi connectivity index (χ0v) is 13.8. The van der Waals surface area contributed by atoms with Crippen molar-refractivity contribution >= 4 is 5.96 Å². The van der Waals surface area contributed by atoms with Crippen LogP contribution in [0.2, 0.25) is 0 Å². The van der Waals surface area contributed by atoms with E-state index in [0.29, 0.717) is 0 Å². The number of aliphatic imine (C=N–C) groups is 1. The van der Waals surface area contributed by atoms with Crippen LogP contribution in [0.25, 0.3) is 0 Å². The summed E-state index contributed by atoms with van der Waals surface area (Å²) in [4.78, 5) is 6.80. The summed E-state index contributed by atoms with van der Waals surface area (Å²) in [6.07, 6.45) is 3.87. The van der Waals surface area contributed by atoms with Gasteiger partial charge < -0.3 is 20.3 Å². The number of likely N-dealkylation sites (tertiary alicyclic amines) is 1. The zero-order valence-electron chi connectivity index (χ0n) is 13.8. The fourth-order valence-electron chi connectivity index (χ4n) is 2.70. The van der Waals surface area contributed by atoms with Gasteiger partial charge in [0.15, 0.2) is 5.96 Å². The van der Waals surface area contributed by atoms with Crippen molar-refractivity contribution in [3.8, 4) is 5.75 Å². The van der Waals surface area contributed by atoms with E-state index in [0.717, 1.165) is 31.2 Å². The molecule has 5 heteroatoms. The van der Waals surface area contributed by atoms with Gasteiger partial charge in [-0.15, -0.1) is 0 Å². The van der Waals surface area contributed by atoms with E-state index in [4.69, 9.17) is 4.74 Å². The Morgan fingerprint density at radius 3 is 2.82 bits per heavy atom. The van der Waals surface area contributed by atoms with E-state index in [-0.39, 0.29) is 0 Å². The third-order valence-electron chi connectivity index (χ3n) is 3.96. The Morgan fingerprint density at radius 2 is 2.09 bits per heavy atom. The molecule has 1 aromatic rings. The number of nitrogens with one attached hydrogen (secondary N) is 2. The molecule has 0 aliphatic carbocycles. The normalized spacial score (nSPS) is 15.8. The average molecular weight is 304 g/mol. The van der Waals surface area contributed by atoms with E-state index < -0.39 is 0 Å². The number of rotatable bonds is 7. The molecular formula is C17H28N4O. The van der Waals surface area contributed by atoms with E-state index in [9.17, 15) is 0 Å². The first-order valence-electron chi connectivity index (χ1n) is 8.11. The van der Waals surface area contributed by atoms with E-state index in [1.807, 2.05) is 18.2 Å². The summed E-state index contributed by atoms with van der Waals surface area (Å²) >= 11 is 0. The van der Waals surface area contributed by atoms with Crippen LogP contribution in [0.1, 0.15) is 24.8 Å². The van der Waals surface area contributed by atoms with Gasteiger partial charge in [-0.05, 0) is 56.6 Å². The second kappa shape index (κ2) is 9.30. The summed E-state index contributed by atoms with van der Waals surface area (Å²) in [5, 5.41) is 6.71. The Morgan fingerprint density at radius 1 is 1.27 bits per heavy atom. The van der Waals surface area contributed by atoms with Crippen LogP contribution in [0.4, 0.5) is 0 Å². The van der Waals surface area contributed by atoms with E-state index in [1.165, 1.54) is 38.0 Å². The topological polar surface area (TPSA) is 48.9 Å². The average Bonchev–Trinajstić information content (AvgIpc) is 3.08. The highest BCUT2D eigenvalue weighted by Crippen LogP contribution is 2.12. The van der Waals surface area contributed by atoms with Crippen molar-refractivity contribution in [2.45, 2.75) is 25.8 Å². The predicted octanol–water partition coefficient (Wildman–Crippen LogP) is 1.85. The Balaban J connectivity index is 1.66. The van der Waals surface area contributed by atoms with Crippen LogP contribution in [-0.4, -0.2) is 51.2 Å². The van der Waals surface area contributed by atoms with E-state index in [2.05, 4.69) is 26.6 Å². The molecule has 1 aliphatic rings. The quantitative estimate of drug-likeness (QED) is 0.458. The summed E-state index contributed by atoms with van der Waals surface area (Å²) < 4.78 is 5.24. The first-order chi connectivity index (χ1) is 10.8. The third-order valence-corrected chi connectivity index (χ3v) is 3.96. The zero-order chi connectivity index (χ0) is 15.6. The molecule has 0 aromatic heterocycles. The van der Waals surface area contributed by atoms with Gasteiger partial charge in [0, 0.05) is 20.1 Å². The van der Waals surface area contributed by atoms with Crippen molar-refractivity contribution in [2.75, 3.05) is 40.3 Å². The van der Waals surface area contributed by atoms with Crippen LogP contribution >= 0.6 is 0 Å². The van der Waals surface area contributed by atoms with Crippen LogP contribution in [0.5, 0.6) is 5.75 Å². The molecule has 0 radical (unpaired) electrons. The van der Waals surface area contributed by atoms with Crippen molar-refractivity contribution in [1.29, 1.82) is 0 Å². The molecule has 0 unspecified atom stereocenters. The maximum absolute atomic E-state index is 5.24. The van der Waals surface area contributed by atoms with Gasteiger partial charge in [0.25, 0.3) is 0 Å². The third kappa shape index (κ3) is 5.56. The highest BCUT2D eigenvalue weighted by molar-refractivity contribution is 5.79. The number of hydrogen-bond acceptors (Lipinski definition) is 3. The smallest absolute Gasteiger partial charge is 0.191 e. The van der Waals surface area contributed by atoms with Crippen LogP contribution in [0.15, 0.2) is 29.3 Å². The fourth-order valence-corrected chi connectivity index (χ4v) is 2.70. The van der Waals surface area contributed by atoms with Crippen molar-refractivity contribution in [3.05, 3.63) is 29.8 Å².